The van der Waals surface area contributed by atoms with E-state index in [0.29, 0.717) is 0 Å². The number of hydrogen-bond donors (Lipinski definition) is 1. The van der Waals surface area contributed by atoms with Crippen LogP contribution in [0.4, 0.5) is 0 Å². The summed E-state index contributed by atoms with van der Waals surface area (Å²) in [5.41, 5.74) is 0.620. The Morgan fingerprint density at radius 1 is 1.29 bits per heavy atom. The molecule has 1 atom stereocenters. The zero-order chi connectivity index (χ0) is 10.6. The van der Waals surface area contributed by atoms with Crippen LogP contribution in [0.15, 0.2) is 28.7 Å². The summed E-state index contributed by atoms with van der Waals surface area (Å²) >= 11 is 3.39. The van der Waals surface area contributed by atoms with Crippen molar-refractivity contribution >= 4 is 15.9 Å². The van der Waals surface area contributed by atoms with Crippen molar-refractivity contribution in [3.05, 3.63) is 34.3 Å². The van der Waals surface area contributed by atoms with Crippen LogP contribution < -0.4 is 0 Å². The second-order valence-electron chi connectivity index (χ2n) is 4.05. The molecule has 0 aliphatic carbocycles. The van der Waals surface area contributed by atoms with Gasteiger partial charge in [-0.25, -0.2) is 0 Å². The monoisotopic (exact) mass is 256 g/mol. The van der Waals surface area contributed by atoms with Crippen molar-refractivity contribution in [3.8, 4) is 0 Å². The van der Waals surface area contributed by atoms with Crippen LogP contribution >= 0.6 is 15.9 Å². The highest BCUT2D eigenvalue weighted by Gasteiger charge is 2.19. The molecule has 1 nitrogen and oxygen atoms in total. The van der Waals surface area contributed by atoms with Crippen LogP contribution in [0.25, 0.3) is 0 Å². The molecule has 0 aliphatic heterocycles. The molecule has 1 unspecified atom stereocenters. The van der Waals surface area contributed by atoms with Crippen LogP contribution in [0, 0.1) is 0 Å². The van der Waals surface area contributed by atoms with Gasteiger partial charge < -0.3 is 5.11 Å². The lowest BCUT2D eigenvalue weighted by Crippen LogP contribution is -2.26. The first kappa shape index (κ1) is 11.7. The smallest absolute Gasteiger partial charge is 0.0659 e. The second-order valence-corrected chi connectivity index (χ2v) is 4.97. The van der Waals surface area contributed by atoms with E-state index >= 15 is 0 Å². The lowest BCUT2D eigenvalue weighted by molar-refractivity contribution is 0.0505. The number of benzene rings is 1. The van der Waals surface area contributed by atoms with Crippen LogP contribution in [0.5, 0.6) is 0 Å². The number of halogens is 1. The fourth-order valence-electron chi connectivity index (χ4n) is 1.67. The Hall–Kier alpha value is -0.340. The molecule has 0 bridgehead atoms. The van der Waals surface area contributed by atoms with Crippen LogP contribution in [0.3, 0.4) is 0 Å². The molecule has 14 heavy (non-hydrogen) atoms. The molecule has 0 aliphatic rings. The van der Waals surface area contributed by atoms with E-state index in [1.807, 2.05) is 31.2 Å². The third kappa shape index (κ3) is 3.81. The van der Waals surface area contributed by atoms with Gasteiger partial charge >= 0.3 is 0 Å². The quantitative estimate of drug-likeness (QED) is 0.874. The molecule has 0 radical (unpaired) electrons. The summed E-state index contributed by atoms with van der Waals surface area (Å²) in [6.07, 6.45) is 2.60. The van der Waals surface area contributed by atoms with Gasteiger partial charge in [-0.3, -0.25) is 0 Å². The second kappa shape index (κ2) is 4.94. The highest BCUT2D eigenvalue weighted by molar-refractivity contribution is 9.10. The fraction of sp³-hybridized carbons (Fsp3) is 0.500. The first-order chi connectivity index (χ1) is 6.53. The normalized spacial score (nSPS) is 15.1. The van der Waals surface area contributed by atoms with E-state index in [-0.39, 0.29) is 0 Å². The van der Waals surface area contributed by atoms with Crippen molar-refractivity contribution in [1.82, 2.24) is 0 Å². The van der Waals surface area contributed by atoms with Crippen molar-refractivity contribution in [2.24, 2.45) is 0 Å². The minimum absolute atomic E-state index is 0.567. The standard InChI is InChI=1S/C12H17BrO/c1-3-8-12(2,14)9-10-4-6-11(13)7-5-10/h4-7,14H,3,8-9H2,1-2H3. The van der Waals surface area contributed by atoms with Gasteiger partial charge in [-0.05, 0) is 31.0 Å². The summed E-state index contributed by atoms with van der Waals surface area (Å²) in [4.78, 5) is 0. The van der Waals surface area contributed by atoms with Gasteiger partial charge in [0.2, 0.25) is 0 Å². The topological polar surface area (TPSA) is 20.2 Å². The zero-order valence-electron chi connectivity index (χ0n) is 8.76. The number of aliphatic hydroxyl groups is 1. The average molecular weight is 257 g/mol. The third-order valence-corrected chi connectivity index (χ3v) is 2.82. The largest absolute Gasteiger partial charge is 0.390 e. The zero-order valence-corrected chi connectivity index (χ0v) is 10.3. The van der Waals surface area contributed by atoms with E-state index in [0.717, 1.165) is 23.7 Å². The molecule has 0 aromatic heterocycles. The summed E-state index contributed by atoms with van der Waals surface area (Å²) in [6.45, 7) is 3.99. The van der Waals surface area contributed by atoms with Gasteiger partial charge in [0.15, 0.2) is 0 Å². The van der Waals surface area contributed by atoms with Crippen molar-refractivity contribution in [2.45, 2.75) is 38.7 Å². The van der Waals surface area contributed by atoms with Gasteiger partial charge in [0, 0.05) is 10.9 Å². The molecule has 0 fully saturated rings. The lowest BCUT2D eigenvalue weighted by atomic mass is 9.92. The highest BCUT2D eigenvalue weighted by Crippen LogP contribution is 2.19. The summed E-state index contributed by atoms with van der Waals surface area (Å²) in [6, 6.07) is 8.12. The molecule has 2 heteroatoms. The Bertz CT molecular complexity index is 277. The van der Waals surface area contributed by atoms with E-state index in [9.17, 15) is 5.11 Å². The van der Waals surface area contributed by atoms with Gasteiger partial charge in [-0.2, -0.15) is 0 Å². The molecule has 0 spiro atoms. The SMILES string of the molecule is CCCC(C)(O)Cc1ccc(Br)cc1. The number of hydrogen-bond acceptors (Lipinski definition) is 1. The summed E-state index contributed by atoms with van der Waals surface area (Å²) < 4.78 is 1.08. The molecule has 1 N–H and O–H groups in total. The Morgan fingerprint density at radius 3 is 2.36 bits per heavy atom. The van der Waals surface area contributed by atoms with Crippen molar-refractivity contribution in [1.29, 1.82) is 0 Å². The minimum Gasteiger partial charge on any atom is -0.390 e. The van der Waals surface area contributed by atoms with E-state index in [1.54, 1.807) is 0 Å². The van der Waals surface area contributed by atoms with E-state index in [2.05, 4.69) is 22.9 Å². The van der Waals surface area contributed by atoms with Crippen LogP contribution in [0.1, 0.15) is 32.3 Å². The first-order valence-corrected chi connectivity index (χ1v) is 5.79. The van der Waals surface area contributed by atoms with E-state index < -0.39 is 5.60 Å². The average Bonchev–Trinajstić information content (AvgIpc) is 2.08. The molecule has 78 valence electrons. The molecule has 0 amide bonds. The van der Waals surface area contributed by atoms with Crippen LogP contribution in [0.2, 0.25) is 0 Å². The fourth-order valence-corrected chi connectivity index (χ4v) is 1.93. The predicted molar refractivity (Wildman–Crippen MR) is 63.4 cm³/mol. The van der Waals surface area contributed by atoms with Gasteiger partial charge in [0.1, 0.15) is 0 Å². The molecule has 1 rings (SSSR count). The first-order valence-electron chi connectivity index (χ1n) is 5.00. The summed E-state index contributed by atoms with van der Waals surface area (Å²) in [5.74, 6) is 0. The highest BCUT2D eigenvalue weighted by atomic mass is 79.9. The molecule has 1 aromatic carbocycles. The molecule has 0 saturated carbocycles. The number of rotatable bonds is 4. The Morgan fingerprint density at radius 2 is 1.86 bits per heavy atom. The van der Waals surface area contributed by atoms with Crippen LogP contribution in [-0.2, 0) is 6.42 Å². The third-order valence-electron chi connectivity index (χ3n) is 2.29. The summed E-state index contributed by atoms with van der Waals surface area (Å²) in [7, 11) is 0. The van der Waals surface area contributed by atoms with Crippen molar-refractivity contribution in [3.63, 3.8) is 0 Å². The van der Waals surface area contributed by atoms with Crippen molar-refractivity contribution in [2.75, 3.05) is 0 Å². The summed E-state index contributed by atoms with van der Waals surface area (Å²) in [5, 5.41) is 10.0. The molecular weight excluding hydrogens is 240 g/mol. The van der Waals surface area contributed by atoms with E-state index in [1.165, 1.54) is 5.56 Å². The predicted octanol–water partition coefficient (Wildman–Crippen LogP) is 3.54. The Kier molecular flexibility index (Phi) is 4.14. The molecular formula is C12H17BrO. The van der Waals surface area contributed by atoms with Gasteiger partial charge in [0.05, 0.1) is 5.60 Å². The Balaban J connectivity index is 2.64. The van der Waals surface area contributed by atoms with Crippen LogP contribution in [-0.4, -0.2) is 10.7 Å². The molecule has 0 saturated heterocycles. The van der Waals surface area contributed by atoms with Gasteiger partial charge in [0.25, 0.3) is 0 Å². The minimum atomic E-state index is -0.567. The maximum atomic E-state index is 10.0. The molecule has 0 heterocycles. The van der Waals surface area contributed by atoms with Crippen molar-refractivity contribution < 1.29 is 5.11 Å². The van der Waals surface area contributed by atoms with Gasteiger partial charge in [-0.1, -0.05) is 41.4 Å². The lowest BCUT2D eigenvalue weighted by Gasteiger charge is -2.22. The van der Waals surface area contributed by atoms with E-state index in [4.69, 9.17) is 0 Å². The Labute approximate surface area is 94.3 Å². The maximum absolute atomic E-state index is 10.0. The van der Waals surface area contributed by atoms with Gasteiger partial charge in [-0.15, -0.1) is 0 Å². The maximum Gasteiger partial charge on any atom is 0.0659 e. The molecule has 1 aromatic rings.